The van der Waals surface area contributed by atoms with E-state index in [4.69, 9.17) is 0 Å². The molecule has 0 unspecified atom stereocenters. The Labute approximate surface area is 128 Å². The third-order valence-corrected chi connectivity index (χ3v) is 3.25. The van der Waals surface area contributed by atoms with E-state index in [1.54, 1.807) is 6.20 Å². The van der Waals surface area contributed by atoms with Crippen molar-refractivity contribution < 1.29 is 4.79 Å². The predicted octanol–water partition coefficient (Wildman–Crippen LogP) is 4.03. The van der Waals surface area contributed by atoms with Gasteiger partial charge in [0.15, 0.2) is 0 Å². The fraction of sp³-hybridized carbons (Fsp3) is 0.0588. The van der Waals surface area contributed by atoms with Crippen molar-refractivity contribution in [1.82, 2.24) is 10.2 Å². The van der Waals surface area contributed by atoms with Crippen LogP contribution in [-0.4, -0.2) is 16.2 Å². The molecule has 5 heteroatoms. The molecule has 3 N–H and O–H groups in total. The van der Waals surface area contributed by atoms with Crippen molar-refractivity contribution in [3.63, 3.8) is 0 Å². The summed E-state index contributed by atoms with van der Waals surface area (Å²) in [5.74, 6) is 0. The first-order valence-electron chi connectivity index (χ1n) is 6.94. The summed E-state index contributed by atoms with van der Waals surface area (Å²) >= 11 is 0. The third kappa shape index (κ3) is 3.32. The number of aromatic amines is 1. The van der Waals surface area contributed by atoms with Crippen molar-refractivity contribution in [3.8, 4) is 11.1 Å². The normalized spacial score (nSPS) is 10.2. The Bertz CT molecular complexity index is 764. The van der Waals surface area contributed by atoms with E-state index in [1.165, 1.54) is 0 Å². The lowest BCUT2D eigenvalue weighted by molar-refractivity contribution is 0.262. The summed E-state index contributed by atoms with van der Waals surface area (Å²) in [7, 11) is 0. The average molecular weight is 292 g/mol. The minimum Gasteiger partial charge on any atom is -0.308 e. The number of aromatic nitrogens is 2. The van der Waals surface area contributed by atoms with Crippen LogP contribution in [0.4, 0.5) is 16.2 Å². The van der Waals surface area contributed by atoms with Gasteiger partial charge in [-0.05, 0) is 42.3 Å². The third-order valence-electron chi connectivity index (χ3n) is 3.25. The largest absolute Gasteiger partial charge is 0.323 e. The molecule has 0 atom stereocenters. The molecule has 0 radical (unpaired) electrons. The molecule has 1 heterocycles. The van der Waals surface area contributed by atoms with Gasteiger partial charge in [-0.3, -0.25) is 5.10 Å². The molecule has 0 aliphatic heterocycles. The van der Waals surface area contributed by atoms with Gasteiger partial charge in [-0.15, -0.1) is 0 Å². The van der Waals surface area contributed by atoms with Gasteiger partial charge in [-0.2, -0.15) is 5.10 Å². The van der Waals surface area contributed by atoms with Crippen molar-refractivity contribution in [2.24, 2.45) is 0 Å². The molecule has 0 aliphatic rings. The van der Waals surface area contributed by atoms with Crippen LogP contribution < -0.4 is 10.6 Å². The molecule has 0 spiro atoms. The second kappa shape index (κ2) is 6.13. The second-order valence-corrected chi connectivity index (χ2v) is 5.01. The van der Waals surface area contributed by atoms with Gasteiger partial charge in [0.1, 0.15) is 0 Å². The predicted molar refractivity (Wildman–Crippen MR) is 87.8 cm³/mol. The van der Waals surface area contributed by atoms with Gasteiger partial charge in [-0.25, -0.2) is 4.79 Å². The lowest BCUT2D eigenvalue weighted by Crippen LogP contribution is -2.19. The van der Waals surface area contributed by atoms with E-state index in [0.717, 1.165) is 28.1 Å². The number of carbonyl (C=O) groups excluding carboxylic acids is 1. The summed E-state index contributed by atoms with van der Waals surface area (Å²) in [6.07, 6.45) is 3.58. The number of amides is 2. The van der Waals surface area contributed by atoms with Gasteiger partial charge in [0.2, 0.25) is 0 Å². The van der Waals surface area contributed by atoms with Crippen molar-refractivity contribution in [3.05, 3.63) is 66.5 Å². The second-order valence-electron chi connectivity index (χ2n) is 5.01. The molecule has 5 nitrogen and oxygen atoms in total. The van der Waals surface area contributed by atoms with Crippen LogP contribution in [0, 0.1) is 6.92 Å². The van der Waals surface area contributed by atoms with Crippen LogP contribution in [0.5, 0.6) is 0 Å². The SMILES string of the molecule is Cc1cccc(NC(=O)Nc2ccc(-c3cn[nH]c3)cc2)c1. The minimum atomic E-state index is -0.262. The van der Waals surface area contributed by atoms with E-state index in [1.807, 2.05) is 61.7 Å². The molecule has 3 aromatic rings. The molecule has 0 fully saturated rings. The number of benzene rings is 2. The standard InChI is InChI=1S/C17H16N4O/c1-12-3-2-4-16(9-12)21-17(22)20-15-7-5-13(6-8-15)14-10-18-19-11-14/h2-11H,1H3,(H,18,19)(H2,20,21,22). The topological polar surface area (TPSA) is 69.8 Å². The van der Waals surface area contributed by atoms with Crippen molar-refractivity contribution >= 4 is 17.4 Å². The molecule has 3 rings (SSSR count). The molecule has 22 heavy (non-hydrogen) atoms. The molecule has 1 aromatic heterocycles. The monoisotopic (exact) mass is 292 g/mol. The Balaban J connectivity index is 1.64. The number of hydrogen-bond acceptors (Lipinski definition) is 2. The highest BCUT2D eigenvalue weighted by Crippen LogP contribution is 2.20. The number of aryl methyl sites for hydroxylation is 1. The molecule has 0 bridgehead atoms. The lowest BCUT2D eigenvalue weighted by atomic mass is 10.1. The Kier molecular flexibility index (Phi) is 3.87. The number of carbonyl (C=O) groups is 1. The zero-order valence-corrected chi connectivity index (χ0v) is 12.1. The molecular weight excluding hydrogens is 276 g/mol. The van der Waals surface area contributed by atoms with Crippen LogP contribution in [0.1, 0.15) is 5.56 Å². The number of rotatable bonds is 3. The van der Waals surface area contributed by atoms with E-state index < -0.39 is 0 Å². The van der Waals surface area contributed by atoms with Crippen LogP contribution in [0.25, 0.3) is 11.1 Å². The highest BCUT2D eigenvalue weighted by atomic mass is 16.2. The van der Waals surface area contributed by atoms with Gasteiger partial charge in [0.05, 0.1) is 6.20 Å². The highest BCUT2D eigenvalue weighted by molar-refractivity contribution is 5.99. The van der Waals surface area contributed by atoms with E-state index >= 15 is 0 Å². The zero-order chi connectivity index (χ0) is 15.4. The zero-order valence-electron chi connectivity index (χ0n) is 12.1. The van der Waals surface area contributed by atoms with E-state index in [0.29, 0.717) is 0 Å². The summed E-state index contributed by atoms with van der Waals surface area (Å²) in [4.78, 5) is 12.0. The Morgan fingerprint density at radius 1 is 1.00 bits per heavy atom. The summed E-state index contributed by atoms with van der Waals surface area (Å²) in [5, 5.41) is 12.3. The maximum atomic E-state index is 12.0. The van der Waals surface area contributed by atoms with Gasteiger partial charge < -0.3 is 10.6 Å². The van der Waals surface area contributed by atoms with Gasteiger partial charge in [0.25, 0.3) is 0 Å². The van der Waals surface area contributed by atoms with Crippen LogP contribution in [0.2, 0.25) is 0 Å². The van der Waals surface area contributed by atoms with E-state index in [-0.39, 0.29) is 6.03 Å². The summed E-state index contributed by atoms with van der Waals surface area (Å²) in [6.45, 7) is 1.98. The molecule has 110 valence electrons. The fourth-order valence-electron chi connectivity index (χ4n) is 2.17. The number of H-pyrrole nitrogens is 1. The van der Waals surface area contributed by atoms with Crippen LogP contribution in [0.15, 0.2) is 60.9 Å². The minimum absolute atomic E-state index is 0.262. The number of hydrogen-bond donors (Lipinski definition) is 3. The van der Waals surface area contributed by atoms with Gasteiger partial charge in [0, 0.05) is 23.1 Å². The highest BCUT2D eigenvalue weighted by Gasteiger charge is 2.04. The first-order chi connectivity index (χ1) is 10.7. The molecule has 0 saturated heterocycles. The Morgan fingerprint density at radius 3 is 2.45 bits per heavy atom. The Hall–Kier alpha value is -3.08. The first-order valence-corrected chi connectivity index (χ1v) is 6.94. The quantitative estimate of drug-likeness (QED) is 0.682. The Morgan fingerprint density at radius 2 is 1.77 bits per heavy atom. The summed E-state index contributed by atoms with van der Waals surface area (Å²) in [5.41, 5.74) is 4.65. The number of nitrogens with one attached hydrogen (secondary N) is 3. The van der Waals surface area contributed by atoms with E-state index in [2.05, 4.69) is 20.8 Å². The summed E-state index contributed by atoms with van der Waals surface area (Å²) < 4.78 is 0. The smallest absolute Gasteiger partial charge is 0.308 e. The first kappa shape index (κ1) is 13.9. The molecule has 0 saturated carbocycles. The molecule has 2 aromatic carbocycles. The lowest BCUT2D eigenvalue weighted by Gasteiger charge is -2.08. The number of nitrogens with zero attached hydrogens (tertiary/aromatic N) is 1. The number of anilines is 2. The fourth-order valence-corrected chi connectivity index (χ4v) is 2.17. The summed E-state index contributed by atoms with van der Waals surface area (Å²) in [6, 6.07) is 15.0. The van der Waals surface area contributed by atoms with Crippen LogP contribution >= 0.6 is 0 Å². The van der Waals surface area contributed by atoms with Crippen molar-refractivity contribution in [2.45, 2.75) is 6.92 Å². The van der Waals surface area contributed by atoms with Gasteiger partial charge in [-0.1, -0.05) is 24.3 Å². The van der Waals surface area contributed by atoms with Crippen LogP contribution in [-0.2, 0) is 0 Å². The molecular formula is C17H16N4O. The maximum Gasteiger partial charge on any atom is 0.323 e. The number of urea groups is 1. The van der Waals surface area contributed by atoms with Gasteiger partial charge >= 0.3 is 6.03 Å². The van der Waals surface area contributed by atoms with Crippen molar-refractivity contribution in [1.29, 1.82) is 0 Å². The average Bonchev–Trinajstić information content (AvgIpc) is 3.02. The maximum absolute atomic E-state index is 12.0. The molecule has 2 amide bonds. The molecule has 0 aliphatic carbocycles. The van der Waals surface area contributed by atoms with E-state index in [9.17, 15) is 4.79 Å². The van der Waals surface area contributed by atoms with Crippen molar-refractivity contribution in [2.75, 3.05) is 10.6 Å². The van der Waals surface area contributed by atoms with Crippen LogP contribution in [0.3, 0.4) is 0 Å².